The third-order valence-electron chi connectivity index (χ3n) is 2.41. The molecule has 2 heterocycles. The van der Waals surface area contributed by atoms with Gasteiger partial charge < -0.3 is 9.30 Å². The Labute approximate surface area is 72.4 Å². The molecule has 0 fully saturated rings. The van der Waals surface area contributed by atoms with Crippen LogP contribution < -0.4 is 0 Å². The van der Waals surface area contributed by atoms with Crippen molar-refractivity contribution in [2.75, 3.05) is 6.61 Å². The summed E-state index contributed by atoms with van der Waals surface area (Å²) in [5, 5.41) is 0. The van der Waals surface area contributed by atoms with Crippen LogP contribution in [0.5, 0.6) is 0 Å². The number of rotatable bonds is 1. The third kappa shape index (κ3) is 1.14. The Morgan fingerprint density at radius 3 is 3.25 bits per heavy atom. The minimum Gasteiger partial charge on any atom is -0.360 e. The molecule has 3 nitrogen and oxygen atoms in total. The Morgan fingerprint density at radius 2 is 2.50 bits per heavy atom. The zero-order valence-electron chi connectivity index (χ0n) is 7.53. The number of aromatic nitrogens is 2. The summed E-state index contributed by atoms with van der Waals surface area (Å²) in [4.78, 5) is 4.34. The molecule has 0 saturated heterocycles. The summed E-state index contributed by atoms with van der Waals surface area (Å²) >= 11 is 0. The Morgan fingerprint density at radius 1 is 1.67 bits per heavy atom. The topological polar surface area (TPSA) is 27.1 Å². The molecule has 1 aromatic heterocycles. The Kier molecular flexibility index (Phi) is 1.89. The standard InChI is InChI=1S/C9H14N2O/c1-7(2)8-5-12-6-11-4-3-10-9(8)11/h3-4,7-8H,5-6H2,1-2H3. The van der Waals surface area contributed by atoms with E-state index < -0.39 is 0 Å². The van der Waals surface area contributed by atoms with Gasteiger partial charge in [0.05, 0.1) is 6.61 Å². The predicted octanol–water partition coefficient (Wildman–Crippen LogP) is 1.61. The molecule has 1 aromatic rings. The fourth-order valence-electron chi connectivity index (χ4n) is 1.60. The molecule has 1 atom stereocenters. The molecule has 66 valence electrons. The molecule has 0 saturated carbocycles. The number of imidazole rings is 1. The van der Waals surface area contributed by atoms with Gasteiger partial charge in [-0.3, -0.25) is 0 Å². The van der Waals surface area contributed by atoms with Crippen molar-refractivity contribution in [3.8, 4) is 0 Å². The van der Waals surface area contributed by atoms with E-state index in [0.717, 1.165) is 6.61 Å². The van der Waals surface area contributed by atoms with E-state index >= 15 is 0 Å². The van der Waals surface area contributed by atoms with E-state index in [1.54, 1.807) is 0 Å². The predicted molar refractivity (Wildman–Crippen MR) is 45.8 cm³/mol. The lowest BCUT2D eigenvalue weighted by molar-refractivity contribution is 0.0274. The molecule has 0 radical (unpaired) electrons. The third-order valence-corrected chi connectivity index (χ3v) is 2.41. The Hall–Kier alpha value is -0.830. The lowest BCUT2D eigenvalue weighted by atomic mass is 9.95. The number of fused-ring (bicyclic) bond motifs is 1. The van der Waals surface area contributed by atoms with Gasteiger partial charge in [0.25, 0.3) is 0 Å². The van der Waals surface area contributed by atoms with E-state index in [9.17, 15) is 0 Å². The van der Waals surface area contributed by atoms with Gasteiger partial charge in [-0.2, -0.15) is 0 Å². The highest BCUT2D eigenvalue weighted by molar-refractivity contribution is 5.03. The largest absolute Gasteiger partial charge is 0.360 e. The van der Waals surface area contributed by atoms with Gasteiger partial charge in [-0.25, -0.2) is 4.98 Å². The summed E-state index contributed by atoms with van der Waals surface area (Å²) in [6, 6.07) is 0. The SMILES string of the molecule is CC(C)C1COCn2ccnc21. The van der Waals surface area contributed by atoms with Crippen molar-refractivity contribution < 1.29 is 4.74 Å². The molecule has 2 rings (SSSR count). The van der Waals surface area contributed by atoms with Crippen LogP contribution in [-0.2, 0) is 11.5 Å². The molecular weight excluding hydrogens is 152 g/mol. The summed E-state index contributed by atoms with van der Waals surface area (Å²) in [6.07, 6.45) is 3.82. The zero-order valence-corrected chi connectivity index (χ0v) is 7.53. The minimum atomic E-state index is 0.466. The van der Waals surface area contributed by atoms with Crippen LogP contribution in [-0.4, -0.2) is 16.2 Å². The van der Waals surface area contributed by atoms with Gasteiger partial charge in [0, 0.05) is 18.3 Å². The lowest BCUT2D eigenvalue weighted by Gasteiger charge is -2.26. The van der Waals surface area contributed by atoms with Gasteiger partial charge in [0.15, 0.2) is 0 Å². The van der Waals surface area contributed by atoms with Crippen LogP contribution in [0.15, 0.2) is 12.4 Å². The van der Waals surface area contributed by atoms with Crippen LogP contribution in [0.2, 0.25) is 0 Å². The van der Waals surface area contributed by atoms with Crippen LogP contribution in [0, 0.1) is 5.92 Å². The smallest absolute Gasteiger partial charge is 0.124 e. The van der Waals surface area contributed by atoms with Crippen molar-refractivity contribution in [2.24, 2.45) is 5.92 Å². The number of hydrogen-bond donors (Lipinski definition) is 0. The summed E-state index contributed by atoms with van der Waals surface area (Å²) in [5.74, 6) is 2.25. The molecular formula is C9H14N2O. The molecule has 1 aliphatic rings. The van der Waals surface area contributed by atoms with E-state index in [4.69, 9.17) is 4.74 Å². The maximum Gasteiger partial charge on any atom is 0.124 e. The van der Waals surface area contributed by atoms with Crippen molar-refractivity contribution in [2.45, 2.75) is 26.5 Å². The first-order valence-electron chi connectivity index (χ1n) is 4.38. The van der Waals surface area contributed by atoms with Gasteiger partial charge in [-0.15, -0.1) is 0 Å². The van der Waals surface area contributed by atoms with Gasteiger partial charge in [0.2, 0.25) is 0 Å². The first kappa shape index (κ1) is 7.80. The quantitative estimate of drug-likeness (QED) is 0.633. The first-order valence-corrected chi connectivity index (χ1v) is 4.38. The van der Waals surface area contributed by atoms with Crippen LogP contribution in [0.1, 0.15) is 25.6 Å². The average molecular weight is 166 g/mol. The Bertz CT molecular complexity index is 267. The first-order chi connectivity index (χ1) is 5.79. The van der Waals surface area contributed by atoms with E-state index in [0.29, 0.717) is 18.6 Å². The van der Waals surface area contributed by atoms with Crippen molar-refractivity contribution in [1.29, 1.82) is 0 Å². The van der Waals surface area contributed by atoms with E-state index in [1.165, 1.54) is 5.82 Å². The van der Waals surface area contributed by atoms with Crippen molar-refractivity contribution >= 4 is 0 Å². The summed E-state index contributed by atoms with van der Waals surface area (Å²) < 4.78 is 7.53. The maximum absolute atomic E-state index is 5.45. The van der Waals surface area contributed by atoms with Crippen LogP contribution in [0.25, 0.3) is 0 Å². The summed E-state index contributed by atoms with van der Waals surface area (Å²) in [5.41, 5.74) is 0. The highest BCUT2D eigenvalue weighted by Crippen LogP contribution is 2.26. The van der Waals surface area contributed by atoms with Crippen LogP contribution >= 0.6 is 0 Å². The molecule has 1 aliphatic heterocycles. The molecule has 1 unspecified atom stereocenters. The second kappa shape index (κ2) is 2.90. The van der Waals surface area contributed by atoms with Gasteiger partial charge in [-0.1, -0.05) is 13.8 Å². The molecule has 0 amide bonds. The summed E-state index contributed by atoms with van der Waals surface area (Å²) in [6.45, 7) is 5.89. The van der Waals surface area contributed by atoms with Crippen LogP contribution in [0.4, 0.5) is 0 Å². The fraction of sp³-hybridized carbons (Fsp3) is 0.667. The molecule has 0 aliphatic carbocycles. The number of hydrogen-bond acceptors (Lipinski definition) is 2. The maximum atomic E-state index is 5.45. The zero-order chi connectivity index (χ0) is 8.55. The number of nitrogens with zero attached hydrogens (tertiary/aromatic N) is 2. The minimum absolute atomic E-state index is 0.466. The van der Waals surface area contributed by atoms with Gasteiger partial charge in [-0.05, 0) is 5.92 Å². The van der Waals surface area contributed by atoms with Gasteiger partial charge in [0.1, 0.15) is 12.6 Å². The Balaban J connectivity index is 2.31. The highest BCUT2D eigenvalue weighted by atomic mass is 16.5. The van der Waals surface area contributed by atoms with Crippen LogP contribution in [0.3, 0.4) is 0 Å². The highest BCUT2D eigenvalue weighted by Gasteiger charge is 2.24. The van der Waals surface area contributed by atoms with E-state index in [1.807, 2.05) is 12.4 Å². The number of ether oxygens (including phenoxy) is 1. The lowest BCUT2D eigenvalue weighted by Crippen LogP contribution is -2.25. The molecule has 3 heteroatoms. The summed E-state index contributed by atoms with van der Waals surface area (Å²) in [7, 11) is 0. The molecule has 12 heavy (non-hydrogen) atoms. The second-order valence-electron chi connectivity index (χ2n) is 3.61. The molecule has 0 bridgehead atoms. The average Bonchev–Trinajstić information content (AvgIpc) is 2.49. The molecule has 0 N–H and O–H groups in total. The van der Waals surface area contributed by atoms with E-state index in [-0.39, 0.29) is 0 Å². The normalized spacial score (nSPS) is 22.8. The van der Waals surface area contributed by atoms with Crippen molar-refractivity contribution in [3.05, 3.63) is 18.2 Å². The van der Waals surface area contributed by atoms with Gasteiger partial charge >= 0.3 is 0 Å². The molecule has 0 spiro atoms. The van der Waals surface area contributed by atoms with Crippen molar-refractivity contribution in [1.82, 2.24) is 9.55 Å². The van der Waals surface area contributed by atoms with E-state index in [2.05, 4.69) is 23.4 Å². The second-order valence-corrected chi connectivity index (χ2v) is 3.61. The monoisotopic (exact) mass is 166 g/mol. The van der Waals surface area contributed by atoms with Crippen molar-refractivity contribution in [3.63, 3.8) is 0 Å². The molecule has 0 aromatic carbocycles. The fourth-order valence-corrected chi connectivity index (χ4v) is 1.60.